The first kappa shape index (κ1) is 17.5. The van der Waals surface area contributed by atoms with Crippen molar-refractivity contribution in [3.05, 3.63) is 59.2 Å². The molecule has 4 N–H and O–H groups in total. The van der Waals surface area contributed by atoms with Crippen molar-refractivity contribution in [1.29, 1.82) is 0 Å². The summed E-state index contributed by atoms with van der Waals surface area (Å²) >= 11 is 0. The van der Waals surface area contributed by atoms with Crippen molar-refractivity contribution in [1.82, 2.24) is 4.90 Å². The molecule has 140 valence electrons. The molecule has 0 atom stereocenters. The van der Waals surface area contributed by atoms with E-state index >= 15 is 0 Å². The van der Waals surface area contributed by atoms with E-state index in [4.69, 9.17) is 5.73 Å². The predicted octanol–water partition coefficient (Wildman–Crippen LogP) is 3.02. The number of anilines is 2. The van der Waals surface area contributed by atoms with Gasteiger partial charge in [0.15, 0.2) is 0 Å². The summed E-state index contributed by atoms with van der Waals surface area (Å²) in [5.41, 5.74) is 10.3. The Hall–Kier alpha value is -2.86. The molecule has 0 aromatic heterocycles. The van der Waals surface area contributed by atoms with Gasteiger partial charge in [-0.2, -0.15) is 0 Å². The average Bonchev–Trinajstić information content (AvgIpc) is 3.41. The van der Waals surface area contributed by atoms with E-state index in [1.807, 2.05) is 54.3 Å². The Morgan fingerprint density at radius 1 is 1.07 bits per heavy atom. The number of carbonyl (C=O) groups excluding carboxylic acids is 2. The van der Waals surface area contributed by atoms with E-state index in [1.165, 1.54) is 0 Å². The van der Waals surface area contributed by atoms with Crippen molar-refractivity contribution in [3.63, 3.8) is 0 Å². The van der Waals surface area contributed by atoms with Gasteiger partial charge in [-0.15, -0.1) is 0 Å². The predicted molar refractivity (Wildman–Crippen MR) is 106 cm³/mol. The van der Waals surface area contributed by atoms with E-state index in [9.17, 15) is 9.59 Å². The standard InChI is InChI=1S/C21H24N4O2/c1-14-5-7-16(8-6-14)23-20(27)24-18-4-2-3-15-13-25(12-9-17(15)18)19(26)21(22)10-11-21/h2-8H,9-13,22H2,1H3,(H2,23,24,27). The third-order valence-corrected chi connectivity index (χ3v) is 5.33. The zero-order chi connectivity index (χ0) is 19.0. The molecule has 0 radical (unpaired) electrons. The molecular weight excluding hydrogens is 340 g/mol. The molecule has 1 aliphatic heterocycles. The number of rotatable bonds is 3. The second-order valence-electron chi connectivity index (χ2n) is 7.52. The van der Waals surface area contributed by atoms with E-state index in [0.29, 0.717) is 19.5 Å². The van der Waals surface area contributed by atoms with E-state index in [-0.39, 0.29) is 11.9 Å². The van der Waals surface area contributed by atoms with Crippen molar-refractivity contribution in [2.45, 2.75) is 38.3 Å². The summed E-state index contributed by atoms with van der Waals surface area (Å²) in [6.45, 7) is 3.18. The first-order chi connectivity index (χ1) is 12.9. The number of aryl methyl sites for hydroxylation is 1. The van der Waals surface area contributed by atoms with Crippen molar-refractivity contribution in [3.8, 4) is 0 Å². The van der Waals surface area contributed by atoms with Crippen LogP contribution in [0.2, 0.25) is 0 Å². The van der Waals surface area contributed by atoms with Gasteiger partial charge < -0.3 is 21.3 Å². The molecule has 2 aromatic rings. The van der Waals surface area contributed by atoms with Gasteiger partial charge in [-0.05, 0) is 55.5 Å². The van der Waals surface area contributed by atoms with Crippen LogP contribution in [0.3, 0.4) is 0 Å². The van der Waals surface area contributed by atoms with Crippen molar-refractivity contribution >= 4 is 23.3 Å². The van der Waals surface area contributed by atoms with Gasteiger partial charge in [-0.1, -0.05) is 29.8 Å². The van der Waals surface area contributed by atoms with Crippen LogP contribution in [-0.2, 0) is 17.8 Å². The number of benzene rings is 2. The fourth-order valence-electron chi connectivity index (χ4n) is 3.48. The Morgan fingerprint density at radius 3 is 2.52 bits per heavy atom. The molecular formula is C21H24N4O2. The van der Waals surface area contributed by atoms with Crippen LogP contribution in [0.25, 0.3) is 0 Å². The molecule has 1 saturated carbocycles. The topological polar surface area (TPSA) is 87.5 Å². The van der Waals surface area contributed by atoms with E-state index in [0.717, 1.165) is 40.9 Å². The normalized spacial score (nSPS) is 17.0. The van der Waals surface area contributed by atoms with Gasteiger partial charge in [-0.3, -0.25) is 4.79 Å². The molecule has 0 saturated heterocycles. The lowest BCUT2D eigenvalue weighted by Crippen LogP contribution is -2.47. The van der Waals surface area contributed by atoms with Crippen LogP contribution in [-0.4, -0.2) is 28.9 Å². The van der Waals surface area contributed by atoms with Crippen LogP contribution in [0.5, 0.6) is 0 Å². The maximum atomic E-state index is 12.5. The quantitative estimate of drug-likeness (QED) is 0.782. The Labute approximate surface area is 158 Å². The first-order valence-electron chi connectivity index (χ1n) is 9.28. The second-order valence-corrected chi connectivity index (χ2v) is 7.52. The molecule has 1 aliphatic carbocycles. The summed E-state index contributed by atoms with van der Waals surface area (Å²) in [7, 11) is 0. The molecule has 0 spiro atoms. The van der Waals surface area contributed by atoms with Crippen molar-refractivity contribution in [2.24, 2.45) is 5.73 Å². The summed E-state index contributed by atoms with van der Waals surface area (Å²) < 4.78 is 0. The average molecular weight is 364 g/mol. The lowest BCUT2D eigenvalue weighted by molar-refractivity contribution is -0.134. The molecule has 6 heteroatoms. The maximum absolute atomic E-state index is 12.5. The lowest BCUT2D eigenvalue weighted by atomic mass is 9.97. The molecule has 0 bridgehead atoms. The van der Waals surface area contributed by atoms with Gasteiger partial charge >= 0.3 is 6.03 Å². The number of carbonyl (C=O) groups is 2. The monoisotopic (exact) mass is 364 g/mol. The molecule has 27 heavy (non-hydrogen) atoms. The lowest BCUT2D eigenvalue weighted by Gasteiger charge is -2.32. The molecule has 6 nitrogen and oxygen atoms in total. The number of nitrogens with two attached hydrogens (primary N) is 1. The summed E-state index contributed by atoms with van der Waals surface area (Å²) in [5.74, 6) is 0.0450. The zero-order valence-corrected chi connectivity index (χ0v) is 15.4. The van der Waals surface area contributed by atoms with Crippen molar-refractivity contribution < 1.29 is 9.59 Å². The molecule has 2 aliphatic rings. The largest absolute Gasteiger partial charge is 0.336 e. The summed E-state index contributed by atoms with van der Waals surface area (Å²) in [4.78, 5) is 26.7. The van der Waals surface area contributed by atoms with Crippen LogP contribution < -0.4 is 16.4 Å². The number of nitrogens with one attached hydrogen (secondary N) is 2. The Balaban J connectivity index is 1.45. The molecule has 2 aromatic carbocycles. The van der Waals surface area contributed by atoms with Gasteiger partial charge in [0.2, 0.25) is 5.91 Å². The van der Waals surface area contributed by atoms with Gasteiger partial charge in [-0.25, -0.2) is 4.79 Å². The van der Waals surface area contributed by atoms with Gasteiger partial charge in [0, 0.05) is 24.5 Å². The number of hydrogen-bond donors (Lipinski definition) is 3. The molecule has 0 unspecified atom stereocenters. The van der Waals surface area contributed by atoms with Crippen LogP contribution in [0, 0.1) is 6.92 Å². The molecule has 1 heterocycles. The number of amides is 3. The highest BCUT2D eigenvalue weighted by Crippen LogP contribution is 2.36. The smallest absolute Gasteiger partial charge is 0.323 e. The Kier molecular flexibility index (Phi) is 4.36. The van der Waals surface area contributed by atoms with Crippen molar-refractivity contribution in [2.75, 3.05) is 17.2 Å². The third-order valence-electron chi connectivity index (χ3n) is 5.33. The third kappa shape index (κ3) is 3.66. The minimum absolute atomic E-state index is 0.0450. The Morgan fingerprint density at radius 2 is 1.81 bits per heavy atom. The van der Waals surface area contributed by atoms with Gasteiger partial charge in [0.1, 0.15) is 0 Å². The fourth-order valence-corrected chi connectivity index (χ4v) is 3.48. The summed E-state index contributed by atoms with van der Waals surface area (Å²) in [6.07, 6.45) is 2.25. The van der Waals surface area contributed by atoms with Crippen LogP contribution >= 0.6 is 0 Å². The maximum Gasteiger partial charge on any atom is 0.323 e. The molecule has 4 rings (SSSR count). The van der Waals surface area contributed by atoms with E-state index in [2.05, 4.69) is 10.6 Å². The zero-order valence-electron chi connectivity index (χ0n) is 15.4. The summed E-state index contributed by atoms with van der Waals surface area (Å²) in [5, 5.41) is 5.79. The Bertz CT molecular complexity index is 888. The van der Waals surface area contributed by atoms with E-state index in [1.54, 1.807) is 0 Å². The number of fused-ring (bicyclic) bond motifs is 1. The fraction of sp³-hybridized carbons (Fsp3) is 0.333. The van der Waals surface area contributed by atoms with Gasteiger partial charge in [0.05, 0.1) is 5.54 Å². The minimum Gasteiger partial charge on any atom is -0.336 e. The second kappa shape index (κ2) is 6.70. The number of hydrogen-bond acceptors (Lipinski definition) is 3. The highest BCUT2D eigenvalue weighted by atomic mass is 16.2. The highest BCUT2D eigenvalue weighted by molar-refractivity contribution is 6.00. The number of urea groups is 1. The first-order valence-corrected chi connectivity index (χ1v) is 9.28. The molecule has 1 fully saturated rings. The van der Waals surface area contributed by atoms with Gasteiger partial charge in [0.25, 0.3) is 0 Å². The van der Waals surface area contributed by atoms with Crippen LogP contribution in [0.4, 0.5) is 16.2 Å². The minimum atomic E-state index is -0.638. The summed E-state index contributed by atoms with van der Waals surface area (Å²) in [6, 6.07) is 13.2. The molecule has 3 amide bonds. The van der Waals surface area contributed by atoms with Crippen LogP contribution in [0.1, 0.15) is 29.5 Å². The van der Waals surface area contributed by atoms with Crippen LogP contribution in [0.15, 0.2) is 42.5 Å². The highest BCUT2D eigenvalue weighted by Gasteiger charge is 2.48. The number of nitrogens with zero attached hydrogens (tertiary/aromatic N) is 1. The van der Waals surface area contributed by atoms with E-state index < -0.39 is 5.54 Å². The SMILES string of the molecule is Cc1ccc(NC(=O)Nc2cccc3c2CCN(C(=O)C2(N)CC2)C3)cc1.